The molecule has 1 heterocycles. The topological polar surface area (TPSA) is 59.2 Å². The smallest absolute Gasteiger partial charge is 0.310 e. The number of methoxy groups -OCH3 is 1. The van der Waals surface area contributed by atoms with Gasteiger partial charge in [0.05, 0.1) is 13.5 Å². The van der Waals surface area contributed by atoms with Crippen LogP contribution in [0.3, 0.4) is 0 Å². The van der Waals surface area contributed by atoms with Crippen LogP contribution in [0.5, 0.6) is 0 Å². The van der Waals surface area contributed by atoms with Crippen molar-refractivity contribution in [3.8, 4) is 0 Å². The molecule has 1 aliphatic carbocycles. The molecule has 2 aromatic rings. The summed E-state index contributed by atoms with van der Waals surface area (Å²) in [6.45, 7) is 1.83. The number of nitrogens with one attached hydrogen (secondary N) is 1. The van der Waals surface area contributed by atoms with Crippen LogP contribution in [0.1, 0.15) is 28.8 Å². The first-order valence-electron chi connectivity index (χ1n) is 6.84. The summed E-state index contributed by atoms with van der Waals surface area (Å²) in [4.78, 5) is 27.3. The molecule has 0 aliphatic heterocycles. The predicted octanol–water partition coefficient (Wildman–Crippen LogP) is 2.04. The van der Waals surface area contributed by atoms with E-state index in [9.17, 15) is 9.59 Å². The lowest BCUT2D eigenvalue weighted by Crippen LogP contribution is -2.18. The Hall–Kier alpha value is -2.10. The summed E-state index contributed by atoms with van der Waals surface area (Å²) in [5.41, 5.74) is 4.63. The maximum Gasteiger partial charge on any atom is 0.310 e. The molecule has 3 rings (SSSR count). The lowest BCUT2D eigenvalue weighted by molar-refractivity contribution is -0.139. The number of fused-ring (bicyclic) bond motifs is 2. The lowest BCUT2D eigenvalue weighted by Gasteiger charge is -2.09. The standard InChI is InChI=1S/C16H17NO3/c1-9-12(8-15(18)20-2)16(19)13-6-10-4-3-5-11(10)7-14(13)17-9/h6-7H,3-5,8H2,1-2H3,(H,17,19). The summed E-state index contributed by atoms with van der Waals surface area (Å²) >= 11 is 0. The second kappa shape index (κ2) is 4.78. The largest absolute Gasteiger partial charge is 0.469 e. The fraction of sp³-hybridized carbons (Fsp3) is 0.375. The molecule has 20 heavy (non-hydrogen) atoms. The summed E-state index contributed by atoms with van der Waals surface area (Å²) in [6.07, 6.45) is 3.28. The van der Waals surface area contributed by atoms with Gasteiger partial charge < -0.3 is 9.72 Å². The molecule has 1 aromatic carbocycles. The van der Waals surface area contributed by atoms with Gasteiger partial charge >= 0.3 is 5.97 Å². The molecule has 4 heteroatoms. The Bertz CT molecular complexity index is 758. The number of benzene rings is 1. The zero-order valence-corrected chi connectivity index (χ0v) is 11.7. The van der Waals surface area contributed by atoms with E-state index < -0.39 is 0 Å². The minimum atomic E-state index is -0.390. The Morgan fingerprint density at radius 2 is 2.00 bits per heavy atom. The maximum absolute atomic E-state index is 12.6. The Morgan fingerprint density at radius 3 is 2.70 bits per heavy atom. The van der Waals surface area contributed by atoms with E-state index >= 15 is 0 Å². The molecule has 1 N–H and O–H groups in total. The summed E-state index contributed by atoms with van der Waals surface area (Å²) in [6, 6.07) is 4.06. The number of hydrogen-bond acceptors (Lipinski definition) is 3. The number of aromatic amines is 1. The molecular formula is C16H17NO3. The number of carbonyl (C=O) groups excluding carboxylic acids is 1. The third-order valence-corrected chi connectivity index (χ3v) is 4.07. The highest BCUT2D eigenvalue weighted by molar-refractivity contribution is 5.83. The number of ether oxygens (including phenoxy) is 1. The van der Waals surface area contributed by atoms with Crippen LogP contribution < -0.4 is 5.43 Å². The molecule has 0 unspecified atom stereocenters. The van der Waals surface area contributed by atoms with Crippen LogP contribution in [0.25, 0.3) is 10.9 Å². The zero-order chi connectivity index (χ0) is 14.3. The van der Waals surface area contributed by atoms with E-state index in [0.29, 0.717) is 10.9 Å². The summed E-state index contributed by atoms with van der Waals surface area (Å²) < 4.78 is 4.66. The normalized spacial score (nSPS) is 13.5. The van der Waals surface area contributed by atoms with E-state index in [2.05, 4.69) is 15.8 Å². The first-order chi connectivity index (χ1) is 9.60. The minimum absolute atomic E-state index is 0.0185. The van der Waals surface area contributed by atoms with E-state index in [1.54, 1.807) is 0 Å². The van der Waals surface area contributed by atoms with Gasteiger partial charge in [-0.05, 0) is 49.4 Å². The monoisotopic (exact) mass is 271 g/mol. The number of aryl methyl sites for hydroxylation is 3. The second-order valence-electron chi connectivity index (χ2n) is 5.33. The molecule has 0 bridgehead atoms. The van der Waals surface area contributed by atoms with Gasteiger partial charge in [0.15, 0.2) is 5.43 Å². The summed E-state index contributed by atoms with van der Waals surface area (Å²) in [7, 11) is 1.33. The SMILES string of the molecule is COC(=O)Cc1c(C)[nH]c2cc3c(cc2c1=O)CCC3. The molecule has 104 valence electrons. The van der Waals surface area contributed by atoms with Crippen LogP contribution in [-0.2, 0) is 28.8 Å². The summed E-state index contributed by atoms with van der Waals surface area (Å²) in [5.74, 6) is -0.390. The van der Waals surface area contributed by atoms with Gasteiger partial charge in [-0.3, -0.25) is 9.59 Å². The molecule has 0 fully saturated rings. The van der Waals surface area contributed by atoms with Gasteiger partial charge in [-0.1, -0.05) is 0 Å². The fourth-order valence-electron chi connectivity index (χ4n) is 2.96. The van der Waals surface area contributed by atoms with Crippen LogP contribution in [0, 0.1) is 6.92 Å². The molecule has 0 amide bonds. The molecule has 0 saturated carbocycles. The van der Waals surface area contributed by atoms with Crippen LogP contribution in [0.4, 0.5) is 0 Å². The van der Waals surface area contributed by atoms with Gasteiger partial charge in [0.1, 0.15) is 0 Å². The molecule has 1 aliphatic rings. The van der Waals surface area contributed by atoms with E-state index in [4.69, 9.17) is 0 Å². The van der Waals surface area contributed by atoms with Gasteiger partial charge in [0.2, 0.25) is 0 Å². The number of H-pyrrole nitrogens is 1. The van der Waals surface area contributed by atoms with E-state index in [-0.39, 0.29) is 17.8 Å². The Balaban J connectivity index is 2.21. The highest BCUT2D eigenvalue weighted by Crippen LogP contribution is 2.25. The molecule has 0 radical (unpaired) electrons. The number of carbonyl (C=O) groups is 1. The van der Waals surface area contributed by atoms with Gasteiger partial charge in [-0.25, -0.2) is 0 Å². The van der Waals surface area contributed by atoms with Crippen LogP contribution in [0.2, 0.25) is 0 Å². The Morgan fingerprint density at radius 1 is 1.30 bits per heavy atom. The van der Waals surface area contributed by atoms with Crippen molar-refractivity contribution < 1.29 is 9.53 Å². The van der Waals surface area contributed by atoms with Crippen molar-refractivity contribution in [3.63, 3.8) is 0 Å². The van der Waals surface area contributed by atoms with Crippen LogP contribution in [0.15, 0.2) is 16.9 Å². The van der Waals surface area contributed by atoms with E-state index in [0.717, 1.165) is 30.5 Å². The van der Waals surface area contributed by atoms with E-state index in [1.807, 2.05) is 13.0 Å². The van der Waals surface area contributed by atoms with Crippen LogP contribution >= 0.6 is 0 Å². The first kappa shape index (κ1) is 12.9. The third-order valence-electron chi connectivity index (χ3n) is 4.07. The third kappa shape index (κ3) is 2.01. The number of esters is 1. The van der Waals surface area contributed by atoms with Crippen molar-refractivity contribution in [2.45, 2.75) is 32.6 Å². The molecular weight excluding hydrogens is 254 g/mol. The van der Waals surface area contributed by atoms with Crippen molar-refractivity contribution >= 4 is 16.9 Å². The molecule has 4 nitrogen and oxygen atoms in total. The number of pyridine rings is 1. The quantitative estimate of drug-likeness (QED) is 0.850. The molecule has 0 spiro atoms. The highest BCUT2D eigenvalue weighted by Gasteiger charge is 2.17. The molecule has 1 aromatic heterocycles. The summed E-state index contributed by atoms with van der Waals surface area (Å²) in [5, 5.41) is 0.676. The fourth-order valence-corrected chi connectivity index (χ4v) is 2.96. The van der Waals surface area contributed by atoms with Crippen molar-refractivity contribution in [2.75, 3.05) is 7.11 Å². The van der Waals surface area contributed by atoms with E-state index in [1.165, 1.54) is 18.2 Å². The average Bonchev–Trinajstić information content (AvgIpc) is 2.88. The van der Waals surface area contributed by atoms with Crippen molar-refractivity contribution in [2.24, 2.45) is 0 Å². The number of aromatic nitrogens is 1. The van der Waals surface area contributed by atoms with Gasteiger partial charge in [0.25, 0.3) is 0 Å². The predicted molar refractivity (Wildman–Crippen MR) is 77.1 cm³/mol. The average molecular weight is 271 g/mol. The molecule has 0 atom stereocenters. The van der Waals surface area contributed by atoms with Gasteiger partial charge in [0, 0.05) is 22.2 Å². The molecule has 0 saturated heterocycles. The zero-order valence-electron chi connectivity index (χ0n) is 11.7. The van der Waals surface area contributed by atoms with Crippen LogP contribution in [-0.4, -0.2) is 18.1 Å². The first-order valence-corrected chi connectivity index (χ1v) is 6.84. The second-order valence-corrected chi connectivity index (χ2v) is 5.33. The number of hydrogen-bond donors (Lipinski definition) is 1. The van der Waals surface area contributed by atoms with Gasteiger partial charge in [-0.15, -0.1) is 0 Å². The van der Waals surface area contributed by atoms with Crippen molar-refractivity contribution in [1.29, 1.82) is 0 Å². The van der Waals surface area contributed by atoms with Crippen molar-refractivity contribution in [1.82, 2.24) is 4.98 Å². The minimum Gasteiger partial charge on any atom is -0.469 e. The maximum atomic E-state index is 12.6. The lowest BCUT2D eigenvalue weighted by atomic mass is 10.0. The Kier molecular flexibility index (Phi) is 3.08. The van der Waals surface area contributed by atoms with Gasteiger partial charge in [-0.2, -0.15) is 0 Å². The van der Waals surface area contributed by atoms with Crippen molar-refractivity contribution in [3.05, 3.63) is 44.7 Å². The highest BCUT2D eigenvalue weighted by atomic mass is 16.5. The Labute approximate surface area is 116 Å². The number of rotatable bonds is 2.